The second-order valence-electron chi connectivity index (χ2n) is 11.5. The predicted octanol–water partition coefficient (Wildman–Crippen LogP) is -1.17. The van der Waals surface area contributed by atoms with Crippen LogP contribution in [0.1, 0.15) is 42.0 Å². The molecule has 4 rings (SSSR count). The van der Waals surface area contributed by atoms with Gasteiger partial charge in [0.2, 0.25) is 11.8 Å². The van der Waals surface area contributed by atoms with E-state index in [4.69, 9.17) is 17.2 Å². The Balaban J connectivity index is 1.26. The monoisotopic (exact) mass is 691 g/mol. The maximum atomic E-state index is 12.9. The molecule has 0 bridgehead atoms. The number of aromatic nitrogens is 4. The summed E-state index contributed by atoms with van der Waals surface area (Å²) in [5.41, 5.74) is 19.4. The van der Waals surface area contributed by atoms with Gasteiger partial charge in [0.1, 0.15) is 22.8 Å². The number of nitrogens with two attached hydrogens (primary N) is 3. The summed E-state index contributed by atoms with van der Waals surface area (Å²) in [4.78, 5) is 74.6. The summed E-state index contributed by atoms with van der Waals surface area (Å²) >= 11 is 0. The Labute approximate surface area is 286 Å². The van der Waals surface area contributed by atoms with Crippen molar-refractivity contribution in [3.63, 3.8) is 0 Å². The van der Waals surface area contributed by atoms with E-state index in [1.54, 1.807) is 71.2 Å². The Kier molecular flexibility index (Phi) is 11.6. The molecule has 19 nitrogen and oxygen atoms in total. The van der Waals surface area contributed by atoms with Crippen LogP contribution in [0.5, 0.6) is 0 Å². The Morgan fingerprint density at radius 3 is 1.10 bits per heavy atom. The Hall–Kier alpha value is -6.18. The molecule has 50 heavy (non-hydrogen) atoms. The normalized spacial score (nSPS) is 10.9. The van der Waals surface area contributed by atoms with Crippen LogP contribution in [0.3, 0.4) is 0 Å². The smallest absolute Gasteiger partial charge is 0.272 e. The lowest BCUT2D eigenvalue weighted by atomic mass is 10.2. The van der Waals surface area contributed by atoms with E-state index in [0.717, 1.165) is 0 Å². The average molecular weight is 692 g/mol. The van der Waals surface area contributed by atoms with Crippen LogP contribution in [0.15, 0.2) is 49.1 Å². The van der Waals surface area contributed by atoms with Crippen molar-refractivity contribution in [3.8, 4) is 0 Å². The minimum Gasteiger partial charge on any atom is -0.349 e. The molecule has 0 fully saturated rings. The van der Waals surface area contributed by atoms with Crippen molar-refractivity contribution >= 4 is 58.2 Å². The molecule has 0 radical (unpaired) electrons. The predicted molar refractivity (Wildman–Crippen MR) is 186 cm³/mol. The van der Waals surface area contributed by atoms with Crippen LogP contribution in [0, 0.1) is 0 Å². The fourth-order valence-electron chi connectivity index (χ4n) is 4.95. The number of rotatable bonds is 14. The zero-order valence-corrected chi connectivity index (χ0v) is 28.0. The molecule has 0 aliphatic rings. The van der Waals surface area contributed by atoms with Crippen molar-refractivity contribution in [3.05, 3.63) is 71.8 Å². The van der Waals surface area contributed by atoms with Gasteiger partial charge in [-0.2, -0.15) is 0 Å². The molecule has 0 saturated heterocycles. The molecule has 0 aliphatic carbocycles. The summed E-state index contributed by atoms with van der Waals surface area (Å²) in [6.07, 6.45) is 6.30. The first-order valence-corrected chi connectivity index (χ1v) is 15.3. The first-order chi connectivity index (χ1) is 23.7. The van der Waals surface area contributed by atoms with E-state index < -0.39 is 41.5 Å². The lowest BCUT2D eigenvalue weighted by molar-refractivity contribution is -0.115. The summed E-state index contributed by atoms with van der Waals surface area (Å²) in [6.45, 7) is -0.321. The van der Waals surface area contributed by atoms with Crippen LogP contribution in [0.4, 0.5) is 22.7 Å². The highest BCUT2D eigenvalue weighted by molar-refractivity contribution is 6.06. The molecule has 12 N–H and O–H groups in total. The van der Waals surface area contributed by atoms with Crippen LogP contribution >= 0.6 is 0 Å². The van der Waals surface area contributed by atoms with E-state index in [2.05, 4.69) is 31.9 Å². The van der Waals surface area contributed by atoms with Crippen LogP contribution in [-0.4, -0.2) is 85.9 Å². The standard InChI is InChI=1S/C31H41N13O6/c1-41-15-20(39-30(49)24-5-18(13-43(24)3)37-26(45)9-32)7-22(41)28(47)35-11-17(34)12-36-29(48)23-8-21(16-42(23)2)40-31(50)25-6-19(14-44(25)4)38-27(46)10-33/h5-8,13-17H,9-12,32-34H2,1-4H3,(H,35,47)(H,36,48)(H,37,45)(H,38,46)(H,39,49)(H,40,50). The van der Waals surface area contributed by atoms with Gasteiger partial charge < -0.3 is 67.4 Å². The molecular weight excluding hydrogens is 650 g/mol. The molecule has 0 saturated carbocycles. The lowest BCUT2D eigenvalue weighted by Crippen LogP contribution is -2.45. The van der Waals surface area contributed by atoms with Crippen LogP contribution < -0.4 is 49.1 Å². The minimum absolute atomic E-state index is 0.0332. The van der Waals surface area contributed by atoms with Crippen molar-refractivity contribution in [1.29, 1.82) is 0 Å². The highest BCUT2D eigenvalue weighted by atomic mass is 16.2. The van der Waals surface area contributed by atoms with Crippen molar-refractivity contribution in [2.45, 2.75) is 6.04 Å². The number of aryl methyl sites for hydroxylation is 4. The van der Waals surface area contributed by atoms with Gasteiger partial charge in [0.25, 0.3) is 23.6 Å². The van der Waals surface area contributed by atoms with Gasteiger partial charge in [0, 0.05) is 72.1 Å². The van der Waals surface area contributed by atoms with Gasteiger partial charge in [-0.15, -0.1) is 0 Å². The minimum atomic E-state index is -0.639. The van der Waals surface area contributed by atoms with Gasteiger partial charge in [0.15, 0.2) is 0 Å². The number of anilines is 4. The van der Waals surface area contributed by atoms with E-state index in [1.807, 2.05) is 0 Å². The van der Waals surface area contributed by atoms with Crippen molar-refractivity contribution in [2.75, 3.05) is 47.4 Å². The maximum Gasteiger partial charge on any atom is 0.272 e. The fraction of sp³-hybridized carbons (Fsp3) is 0.290. The molecule has 6 amide bonds. The molecule has 0 unspecified atom stereocenters. The number of hydrogen-bond acceptors (Lipinski definition) is 9. The van der Waals surface area contributed by atoms with E-state index in [-0.39, 0.29) is 49.0 Å². The number of hydrogen-bond donors (Lipinski definition) is 9. The largest absolute Gasteiger partial charge is 0.349 e. The second-order valence-corrected chi connectivity index (χ2v) is 11.5. The molecule has 4 aromatic heterocycles. The van der Waals surface area contributed by atoms with Crippen molar-refractivity contribution < 1.29 is 28.8 Å². The Morgan fingerprint density at radius 1 is 0.520 bits per heavy atom. The summed E-state index contributed by atoms with van der Waals surface area (Å²) in [5, 5.41) is 16.1. The number of carbonyl (C=O) groups is 6. The third-order valence-electron chi connectivity index (χ3n) is 7.45. The highest BCUT2D eigenvalue weighted by Crippen LogP contribution is 2.19. The summed E-state index contributed by atoms with van der Waals surface area (Å²) in [6, 6.07) is 5.37. The zero-order chi connectivity index (χ0) is 36.7. The molecule has 0 spiro atoms. The third-order valence-corrected chi connectivity index (χ3v) is 7.45. The number of nitrogens with zero attached hydrogens (tertiary/aromatic N) is 4. The molecule has 4 aromatic rings. The van der Waals surface area contributed by atoms with Gasteiger partial charge in [-0.3, -0.25) is 28.8 Å². The first-order valence-electron chi connectivity index (χ1n) is 15.3. The summed E-state index contributed by atoms with van der Waals surface area (Å²) in [5.74, 6) is -2.60. The molecule has 0 aliphatic heterocycles. The molecule has 19 heteroatoms. The highest BCUT2D eigenvalue weighted by Gasteiger charge is 2.20. The van der Waals surface area contributed by atoms with Crippen LogP contribution in [0.2, 0.25) is 0 Å². The molecule has 0 aromatic carbocycles. The topological polar surface area (TPSA) is 272 Å². The summed E-state index contributed by atoms with van der Waals surface area (Å²) in [7, 11) is 6.59. The van der Waals surface area contributed by atoms with Gasteiger partial charge in [-0.05, 0) is 24.3 Å². The van der Waals surface area contributed by atoms with Gasteiger partial charge in [0.05, 0.1) is 35.8 Å². The number of nitrogens with one attached hydrogen (secondary N) is 6. The Bertz CT molecular complexity index is 1790. The van der Waals surface area contributed by atoms with E-state index in [0.29, 0.717) is 22.7 Å². The maximum absolute atomic E-state index is 12.9. The first kappa shape index (κ1) is 36.7. The second kappa shape index (κ2) is 15.8. The van der Waals surface area contributed by atoms with Crippen LogP contribution in [0.25, 0.3) is 0 Å². The average Bonchev–Trinajstić information content (AvgIpc) is 3.83. The van der Waals surface area contributed by atoms with Gasteiger partial charge in [-0.25, -0.2) is 0 Å². The van der Waals surface area contributed by atoms with Crippen LogP contribution in [-0.2, 0) is 37.8 Å². The molecule has 0 atom stereocenters. The SMILES string of the molecule is Cn1cc(NC(=O)c2cc(NC(=O)CN)cn2C)cc1C(=O)NCC(N)CNC(=O)c1cc(NC(=O)c2cc(NC(=O)CN)cn2C)cn1C. The molecular formula is C31H41N13O6. The summed E-state index contributed by atoms with van der Waals surface area (Å²) < 4.78 is 6.17. The zero-order valence-electron chi connectivity index (χ0n) is 28.0. The van der Waals surface area contributed by atoms with E-state index in [1.165, 1.54) is 24.3 Å². The quantitative estimate of drug-likeness (QED) is 0.0769. The van der Waals surface area contributed by atoms with Crippen molar-refractivity contribution in [1.82, 2.24) is 28.9 Å². The molecule has 4 heterocycles. The fourth-order valence-corrected chi connectivity index (χ4v) is 4.95. The lowest BCUT2D eigenvalue weighted by Gasteiger charge is -2.14. The van der Waals surface area contributed by atoms with E-state index in [9.17, 15) is 28.8 Å². The number of carbonyl (C=O) groups excluding carboxylic acids is 6. The van der Waals surface area contributed by atoms with Gasteiger partial charge >= 0.3 is 0 Å². The Morgan fingerprint density at radius 2 is 0.800 bits per heavy atom. The molecule has 266 valence electrons. The third kappa shape index (κ3) is 9.04. The van der Waals surface area contributed by atoms with Gasteiger partial charge in [-0.1, -0.05) is 0 Å². The van der Waals surface area contributed by atoms with Crippen molar-refractivity contribution in [2.24, 2.45) is 45.4 Å². The number of amides is 6. The van der Waals surface area contributed by atoms with E-state index >= 15 is 0 Å².